The molecule has 3 rings (SSSR count). The summed E-state index contributed by atoms with van der Waals surface area (Å²) in [7, 11) is 1.66. The van der Waals surface area contributed by atoms with E-state index in [4.69, 9.17) is 13.6 Å². The lowest BCUT2D eigenvalue weighted by Gasteiger charge is -2.16. The molecule has 2 heterocycles. The molecular weight excluding hydrogens is 306 g/mol. The molecule has 0 amide bonds. The van der Waals surface area contributed by atoms with Gasteiger partial charge in [0, 0.05) is 17.4 Å². The summed E-state index contributed by atoms with van der Waals surface area (Å²) in [5.74, 6) is 2.97. The molecule has 0 aliphatic rings. The number of nitrogens with zero attached hydrogens (tertiary/aromatic N) is 2. The minimum absolute atomic E-state index is 0.00960. The first-order valence-electron chi connectivity index (χ1n) is 8.18. The van der Waals surface area contributed by atoms with Gasteiger partial charge in [-0.05, 0) is 39.0 Å². The lowest BCUT2D eigenvalue weighted by molar-refractivity contribution is 0.353. The van der Waals surface area contributed by atoms with Crippen molar-refractivity contribution in [2.24, 2.45) is 0 Å². The van der Waals surface area contributed by atoms with E-state index in [0.717, 1.165) is 34.5 Å². The molecule has 0 unspecified atom stereocenters. The Labute approximate surface area is 141 Å². The summed E-state index contributed by atoms with van der Waals surface area (Å²) in [6.07, 6.45) is 0.736. The zero-order valence-corrected chi connectivity index (χ0v) is 14.7. The molecule has 0 fully saturated rings. The smallest absolute Gasteiger partial charge is 0.233 e. The Bertz CT molecular complexity index is 837. The highest BCUT2D eigenvalue weighted by molar-refractivity contribution is 5.83. The number of hydrogen-bond donors (Lipinski definition) is 1. The Morgan fingerprint density at radius 2 is 1.96 bits per heavy atom. The van der Waals surface area contributed by atoms with Crippen LogP contribution in [-0.2, 0) is 6.42 Å². The van der Waals surface area contributed by atoms with Gasteiger partial charge in [0.25, 0.3) is 0 Å². The second-order valence-electron chi connectivity index (χ2n) is 5.95. The Hall–Kier alpha value is -2.34. The number of benzene rings is 1. The number of furan rings is 1. The van der Waals surface area contributed by atoms with E-state index in [0.29, 0.717) is 11.8 Å². The van der Waals surface area contributed by atoms with Crippen molar-refractivity contribution >= 4 is 11.0 Å². The van der Waals surface area contributed by atoms with Gasteiger partial charge in [0.1, 0.15) is 17.1 Å². The third-order valence-corrected chi connectivity index (χ3v) is 4.23. The van der Waals surface area contributed by atoms with E-state index in [1.165, 1.54) is 0 Å². The number of rotatable bonds is 6. The second-order valence-corrected chi connectivity index (χ2v) is 5.95. The standard InChI is InChI=1S/C18H23N3O3/c1-6-16-20-21-18(24-16)12(4)19-11(3)17-10(2)14-9-13(22-5)7-8-15(14)23-17/h7-9,11-12,19H,6H2,1-5H3/t11-,12-/m1/s1. The van der Waals surface area contributed by atoms with Crippen molar-refractivity contribution < 1.29 is 13.6 Å². The number of aryl methyl sites for hydroxylation is 2. The Morgan fingerprint density at radius 3 is 2.62 bits per heavy atom. The van der Waals surface area contributed by atoms with Crippen LogP contribution < -0.4 is 10.1 Å². The largest absolute Gasteiger partial charge is 0.497 e. The maximum atomic E-state index is 6.04. The van der Waals surface area contributed by atoms with Gasteiger partial charge >= 0.3 is 0 Å². The zero-order chi connectivity index (χ0) is 17.3. The summed E-state index contributed by atoms with van der Waals surface area (Å²) in [5, 5.41) is 12.6. The summed E-state index contributed by atoms with van der Waals surface area (Å²) in [6.45, 7) is 8.12. The number of hydrogen-bond acceptors (Lipinski definition) is 6. The summed E-state index contributed by atoms with van der Waals surface area (Å²) in [5.41, 5.74) is 1.96. The minimum Gasteiger partial charge on any atom is -0.497 e. The predicted molar refractivity (Wildman–Crippen MR) is 91.1 cm³/mol. The van der Waals surface area contributed by atoms with Crippen molar-refractivity contribution in [2.45, 2.75) is 46.2 Å². The molecule has 0 aliphatic carbocycles. The van der Waals surface area contributed by atoms with Gasteiger partial charge in [0.2, 0.25) is 11.8 Å². The summed E-state index contributed by atoms with van der Waals surface area (Å²) < 4.78 is 17.0. The third-order valence-electron chi connectivity index (χ3n) is 4.23. The first kappa shape index (κ1) is 16.5. The lowest BCUT2D eigenvalue weighted by Crippen LogP contribution is -2.23. The first-order chi connectivity index (χ1) is 11.5. The molecule has 6 heteroatoms. The zero-order valence-electron chi connectivity index (χ0n) is 14.7. The molecule has 6 nitrogen and oxygen atoms in total. The monoisotopic (exact) mass is 329 g/mol. The number of fused-ring (bicyclic) bond motifs is 1. The molecule has 128 valence electrons. The molecule has 1 aromatic carbocycles. The molecule has 1 N–H and O–H groups in total. The number of nitrogens with one attached hydrogen (secondary N) is 1. The topological polar surface area (TPSA) is 73.3 Å². The number of aromatic nitrogens is 2. The first-order valence-corrected chi connectivity index (χ1v) is 8.18. The van der Waals surface area contributed by atoms with Crippen LogP contribution in [0.3, 0.4) is 0 Å². The summed E-state index contributed by atoms with van der Waals surface area (Å²) in [4.78, 5) is 0. The second kappa shape index (κ2) is 6.65. The van der Waals surface area contributed by atoms with E-state index < -0.39 is 0 Å². The molecule has 2 aromatic heterocycles. The molecular formula is C18H23N3O3. The van der Waals surface area contributed by atoms with Crippen LogP contribution in [0.1, 0.15) is 56.0 Å². The normalized spacial score (nSPS) is 14.0. The highest BCUT2D eigenvalue weighted by Crippen LogP contribution is 2.32. The van der Waals surface area contributed by atoms with Crippen LogP contribution in [-0.4, -0.2) is 17.3 Å². The number of ether oxygens (including phenoxy) is 1. The molecule has 0 aliphatic heterocycles. The van der Waals surface area contributed by atoms with Gasteiger partial charge in [-0.3, -0.25) is 5.32 Å². The van der Waals surface area contributed by atoms with Crippen molar-refractivity contribution in [1.29, 1.82) is 0 Å². The van der Waals surface area contributed by atoms with Crippen LogP contribution in [0, 0.1) is 6.92 Å². The van der Waals surface area contributed by atoms with Crippen LogP contribution in [0.2, 0.25) is 0 Å². The van der Waals surface area contributed by atoms with Crippen LogP contribution in [0.5, 0.6) is 5.75 Å². The maximum Gasteiger partial charge on any atom is 0.233 e. The molecule has 0 bridgehead atoms. The Kier molecular flexibility index (Phi) is 4.57. The van der Waals surface area contributed by atoms with Crippen molar-refractivity contribution in [3.8, 4) is 5.75 Å². The fraction of sp³-hybridized carbons (Fsp3) is 0.444. The van der Waals surface area contributed by atoms with Gasteiger partial charge in [0.05, 0.1) is 19.2 Å². The van der Waals surface area contributed by atoms with E-state index in [2.05, 4.69) is 29.4 Å². The van der Waals surface area contributed by atoms with Gasteiger partial charge in [-0.2, -0.15) is 0 Å². The van der Waals surface area contributed by atoms with Crippen LogP contribution in [0.15, 0.2) is 27.0 Å². The molecule has 0 spiro atoms. The van der Waals surface area contributed by atoms with Crippen molar-refractivity contribution in [3.63, 3.8) is 0 Å². The molecule has 0 radical (unpaired) electrons. The summed E-state index contributed by atoms with van der Waals surface area (Å²) >= 11 is 0. The lowest BCUT2D eigenvalue weighted by atomic mass is 10.1. The fourth-order valence-corrected chi connectivity index (χ4v) is 2.87. The van der Waals surface area contributed by atoms with E-state index in [1.54, 1.807) is 7.11 Å². The molecule has 24 heavy (non-hydrogen) atoms. The minimum atomic E-state index is -0.0602. The summed E-state index contributed by atoms with van der Waals surface area (Å²) in [6, 6.07) is 5.79. The molecule has 0 saturated carbocycles. The Balaban J connectivity index is 1.82. The fourth-order valence-electron chi connectivity index (χ4n) is 2.87. The average molecular weight is 329 g/mol. The van der Waals surface area contributed by atoms with Crippen molar-refractivity contribution in [1.82, 2.24) is 15.5 Å². The van der Waals surface area contributed by atoms with Crippen LogP contribution >= 0.6 is 0 Å². The molecule has 0 saturated heterocycles. The maximum absolute atomic E-state index is 6.04. The highest BCUT2D eigenvalue weighted by Gasteiger charge is 2.21. The molecule has 3 aromatic rings. The van der Waals surface area contributed by atoms with Gasteiger partial charge < -0.3 is 13.6 Å². The quantitative estimate of drug-likeness (QED) is 0.734. The van der Waals surface area contributed by atoms with Crippen LogP contribution in [0.25, 0.3) is 11.0 Å². The SMILES string of the molecule is CCc1nnc([C@@H](C)N[C@H](C)c2oc3ccc(OC)cc3c2C)o1. The van der Waals surface area contributed by atoms with Gasteiger partial charge in [-0.25, -0.2) is 0 Å². The Morgan fingerprint density at radius 1 is 1.17 bits per heavy atom. The molecule has 2 atom stereocenters. The van der Waals surface area contributed by atoms with Crippen LogP contribution in [0.4, 0.5) is 0 Å². The number of methoxy groups -OCH3 is 1. The van der Waals surface area contributed by atoms with Crippen molar-refractivity contribution in [2.75, 3.05) is 7.11 Å². The van der Waals surface area contributed by atoms with Gasteiger partial charge in [0.15, 0.2) is 0 Å². The van der Waals surface area contributed by atoms with E-state index in [-0.39, 0.29) is 12.1 Å². The third kappa shape index (κ3) is 3.01. The average Bonchev–Trinajstić information content (AvgIpc) is 3.19. The van der Waals surface area contributed by atoms with E-state index in [9.17, 15) is 0 Å². The highest BCUT2D eigenvalue weighted by atomic mass is 16.5. The predicted octanol–water partition coefficient (Wildman–Crippen LogP) is 4.11. The van der Waals surface area contributed by atoms with Gasteiger partial charge in [-0.15, -0.1) is 10.2 Å². The van der Waals surface area contributed by atoms with E-state index in [1.807, 2.05) is 32.0 Å². The van der Waals surface area contributed by atoms with E-state index >= 15 is 0 Å². The van der Waals surface area contributed by atoms with Gasteiger partial charge in [-0.1, -0.05) is 6.92 Å². The van der Waals surface area contributed by atoms with Crippen molar-refractivity contribution in [3.05, 3.63) is 41.3 Å².